The number of hydrogen-bond acceptors (Lipinski definition) is 2. The normalized spacial score (nSPS) is 21.4. The van der Waals surface area contributed by atoms with E-state index in [1.54, 1.807) is 9.80 Å². The van der Waals surface area contributed by atoms with Crippen LogP contribution in [0.2, 0.25) is 0 Å². The van der Waals surface area contributed by atoms with Crippen molar-refractivity contribution in [2.24, 2.45) is 23.7 Å². The smallest absolute Gasteiger partial charge is 0.182 e. The number of hydrogen-bond donors (Lipinski definition) is 0. The Balaban J connectivity index is 0.905. The van der Waals surface area contributed by atoms with E-state index in [1.165, 1.54) is 5.57 Å². The number of benzene rings is 10. The van der Waals surface area contributed by atoms with Gasteiger partial charge in [-0.15, -0.1) is 0 Å². The Kier molecular flexibility index (Phi) is 16.2. The SMILES string of the molecule is C=CC1=CCC(C(C)(C2=CC(C)CCC2C)c2cc(N(c3ccc4c(c3)C3(C5=C4CCC=C5)c4ccccc4-c4ccc(N(c5ccc6c(c5)C(c5cc(C)ccc5C)(C5C=CC(C=C)=CC5)c5ccccc5-6)c5cc(F)cc(F)c5F)cc43)c3cc(F)cc(F)c3F)ccc2-c2ccccc2)C=C1. The molecule has 0 saturated carbocycles. The molecule has 514 valence electrons. The molecule has 0 saturated heterocycles. The molecule has 0 fully saturated rings. The molecule has 0 aliphatic heterocycles. The van der Waals surface area contributed by atoms with E-state index in [0.717, 1.165) is 149 Å². The van der Waals surface area contributed by atoms with E-state index >= 15 is 26.3 Å². The predicted molar refractivity (Wildman–Crippen MR) is 413 cm³/mol. The maximum absolute atomic E-state index is 17.6. The molecule has 0 amide bonds. The number of rotatable bonds is 14. The standard InChI is InChI=1S/C96H78F6N2/c1-8-61-31-35-64(36-32-61)94(7,82-47-57(3)27-29-59(82)5)84-53-68(39-43-72(84)63-19-11-10-12-20-63)103(90-51-66(97)49-88(99)92(90)101)70-41-45-77-74-22-14-17-25-80(74)96(86(77)55-70)81-26-18-15-23-75(81)78-46-42-71(56-87(78)96)104(91-52-67(98)50-89(100)93(91)102)69-40-44-76-73-21-13-16-24-79(73)95(85(76)54-69,65-37-33-62(9-2)34-38-65)83-48-58(4)28-30-60(83)6/h8-13,15-21,23-26,28,30-35,37,39-57,59,64-65H,1-2,14,22,27,29,36,38H2,3-7H3. The molecular weight excluding hydrogens is 1300 g/mol. The van der Waals surface area contributed by atoms with Gasteiger partial charge < -0.3 is 9.80 Å². The average Bonchev–Trinajstić information content (AvgIpc) is 1.16. The van der Waals surface area contributed by atoms with Crippen LogP contribution < -0.4 is 9.80 Å². The van der Waals surface area contributed by atoms with Crippen LogP contribution in [0, 0.1) is 72.4 Å². The lowest BCUT2D eigenvalue weighted by Crippen LogP contribution is -2.38. The Bertz CT molecular complexity index is 5520. The molecule has 10 aromatic carbocycles. The van der Waals surface area contributed by atoms with Gasteiger partial charge in [0.2, 0.25) is 0 Å². The summed E-state index contributed by atoms with van der Waals surface area (Å²) in [5, 5.41) is 0. The number of aryl methyl sites for hydroxylation is 2. The summed E-state index contributed by atoms with van der Waals surface area (Å²) in [5.41, 5.74) is 19.9. The van der Waals surface area contributed by atoms with Gasteiger partial charge in [0, 0.05) is 52.4 Å². The minimum absolute atomic E-state index is 0.0380. The number of nitrogens with zero attached hydrogens (tertiary/aromatic N) is 2. The second-order valence-electron chi connectivity index (χ2n) is 29.7. The summed E-state index contributed by atoms with van der Waals surface area (Å²) in [6.45, 7) is 19.4. The van der Waals surface area contributed by atoms with Gasteiger partial charge in [0.1, 0.15) is 11.6 Å². The van der Waals surface area contributed by atoms with Crippen molar-refractivity contribution in [2.75, 3.05) is 9.80 Å². The minimum atomic E-state index is -1.34. The third kappa shape index (κ3) is 10.1. The third-order valence-electron chi connectivity index (χ3n) is 24.0. The summed E-state index contributed by atoms with van der Waals surface area (Å²) in [6, 6.07) is 61.4. The molecule has 7 aliphatic carbocycles. The van der Waals surface area contributed by atoms with Crippen LogP contribution in [0.5, 0.6) is 0 Å². The lowest BCUT2D eigenvalue weighted by molar-refractivity contribution is 0.338. The number of allylic oxidation sites excluding steroid dienone is 16. The molecule has 7 atom stereocenters. The number of fused-ring (bicyclic) bond motifs is 12. The largest absolute Gasteiger partial charge is 0.307 e. The molecule has 8 heteroatoms. The Morgan fingerprint density at radius 1 is 0.500 bits per heavy atom. The zero-order valence-electron chi connectivity index (χ0n) is 59.0. The van der Waals surface area contributed by atoms with Gasteiger partial charge in [0.05, 0.1) is 22.2 Å². The second-order valence-corrected chi connectivity index (χ2v) is 29.7. The molecule has 0 heterocycles. The quantitative estimate of drug-likeness (QED) is 0.0608. The van der Waals surface area contributed by atoms with Gasteiger partial charge in [-0.05, 0) is 230 Å². The highest BCUT2D eigenvalue weighted by Gasteiger charge is 2.55. The van der Waals surface area contributed by atoms with Crippen LogP contribution in [0.3, 0.4) is 0 Å². The molecule has 1 spiro atoms. The molecule has 7 aliphatic rings. The van der Waals surface area contributed by atoms with E-state index in [9.17, 15) is 0 Å². The van der Waals surface area contributed by atoms with E-state index < -0.39 is 51.1 Å². The van der Waals surface area contributed by atoms with E-state index in [1.807, 2.05) is 72.8 Å². The van der Waals surface area contributed by atoms with Crippen molar-refractivity contribution in [3.05, 3.63) is 387 Å². The van der Waals surface area contributed by atoms with Crippen molar-refractivity contribution in [3.8, 4) is 33.4 Å². The van der Waals surface area contributed by atoms with Crippen molar-refractivity contribution in [1.82, 2.24) is 0 Å². The molecule has 10 aromatic rings. The predicted octanol–water partition coefficient (Wildman–Crippen LogP) is 26.1. The van der Waals surface area contributed by atoms with Crippen LogP contribution in [0.25, 0.3) is 39.0 Å². The second kappa shape index (κ2) is 25.5. The first kappa shape index (κ1) is 66.3. The Morgan fingerprint density at radius 3 is 1.67 bits per heavy atom. The lowest BCUT2D eigenvalue weighted by atomic mass is 9.58. The summed E-state index contributed by atoms with van der Waals surface area (Å²) < 4.78 is 101. The van der Waals surface area contributed by atoms with Gasteiger partial charge >= 0.3 is 0 Å². The van der Waals surface area contributed by atoms with Gasteiger partial charge in [-0.3, -0.25) is 0 Å². The molecular formula is C96H78F6N2. The molecule has 17 rings (SSSR count). The van der Waals surface area contributed by atoms with Crippen molar-refractivity contribution in [2.45, 2.75) is 89.4 Å². The van der Waals surface area contributed by atoms with Crippen LogP contribution in [-0.4, -0.2) is 0 Å². The van der Waals surface area contributed by atoms with Crippen LogP contribution in [0.1, 0.15) is 115 Å². The minimum Gasteiger partial charge on any atom is -0.307 e. The van der Waals surface area contributed by atoms with Crippen molar-refractivity contribution in [3.63, 3.8) is 0 Å². The van der Waals surface area contributed by atoms with E-state index in [-0.39, 0.29) is 29.1 Å². The van der Waals surface area contributed by atoms with Crippen LogP contribution in [0.4, 0.5) is 60.5 Å². The first-order valence-electron chi connectivity index (χ1n) is 36.4. The zero-order chi connectivity index (χ0) is 71.7. The molecule has 7 unspecified atom stereocenters. The first-order chi connectivity index (χ1) is 50.4. The lowest BCUT2D eigenvalue weighted by Gasteiger charge is -2.45. The van der Waals surface area contributed by atoms with Crippen molar-refractivity contribution >= 4 is 39.7 Å². The highest BCUT2D eigenvalue weighted by molar-refractivity contribution is 5.99. The molecule has 0 aromatic heterocycles. The maximum Gasteiger partial charge on any atom is 0.182 e. The molecule has 0 bridgehead atoms. The van der Waals surface area contributed by atoms with Gasteiger partial charge in [0.25, 0.3) is 0 Å². The summed E-state index contributed by atoms with van der Waals surface area (Å²) in [5.74, 6) is -6.64. The molecule has 0 N–H and O–H groups in total. The summed E-state index contributed by atoms with van der Waals surface area (Å²) in [7, 11) is 0. The fourth-order valence-corrected chi connectivity index (χ4v) is 19.2. The van der Waals surface area contributed by atoms with E-state index in [2.05, 4.69) is 212 Å². The fraction of sp³-hybridized carbons (Fsp3) is 0.188. The first-order valence-corrected chi connectivity index (χ1v) is 36.4. The summed E-state index contributed by atoms with van der Waals surface area (Å²) in [4.78, 5) is 3.34. The van der Waals surface area contributed by atoms with Gasteiger partial charge in [-0.2, -0.15) is 0 Å². The monoisotopic (exact) mass is 1370 g/mol. The summed E-state index contributed by atoms with van der Waals surface area (Å²) >= 11 is 0. The topological polar surface area (TPSA) is 6.48 Å². The van der Waals surface area contributed by atoms with E-state index in [4.69, 9.17) is 0 Å². The molecule has 2 nitrogen and oxygen atoms in total. The maximum atomic E-state index is 17.6. The Morgan fingerprint density at radius 2 is 1.05 bits per heavy atom. The van der Waals surface area contributed by atoms with Crippen LogP contribution in [-0.2, 0) is 16.2 Å². The van der Waals surface area contributed by atoms with E-state index in [0.29, 0.717) is 53.6 Å². The number of anilines is 6. The highest BCUT2D eigenvalue weighted by atomic mass is 19.2. The molecule has 104 heavy (non-hydrogen) atoms. The average molecular weight is 1370 g/mol. The van der Waals surface area contributed by atoms with Crippen LogP contribution >= 0.6 is 0 Å². The van der Waals surface area contributed by atoms with Crippen molar-refractivity contribution in [1.29, 1.82) is 0 Å². The fourth-order valence-electron chi connectivity index (χ4n) is 19.2. The molecule has 0 radical (unpaired) electrons. The number of halogens is 6. The van der Waals surface area contributed by atoms with Gasteiger partial charge in [-0.1, -0.05) is 233 Å². The Hall–Kier alpha value is -11.0. The zero-order valence-corrected chi connectivity index (χ0v) is 59.0. The van der Waals surface area contributed by atoms with Crippen molar-refractivity contribution < 1.29 is 26.3 Å². The third-order valence-corrected chi connectivity index (χ3v) is 24.0. The van der Waals surface area contributed by atoms with Crippen LogP contribution in [0.15, 0.2) is 296 Å². The summed E-state index contributed by atoms with van der Waals surface area (Å²) in [6.07, 6.45) is 28.8. The Labute approximate surface area is 605 Å². The van der Waals surface area contributed by atoms with Gasteiger partial charge in [0.15, 0.2) is 23.3 Å². The van der Waals surface area contributed by atoms with Gasteiger partial charge in [-0.25, -0.2) is 26.3 Å². The highest BCUT2D eigenvalue weighted by Crippen LogP contribution is 2.66.